The first-order chi connectivity index (χ1) is 15.2. The molecule has 170 valence electrons. The molecule has 0 aliphatic carbocycles. The molecule has 0 saturated carbocycles. The molecular weight excluding hydrogens is 451 g/mol. The predicted molar refractivity (Wildman–Crippen MR) is 110 cm³/mol. The Morgan fingerprint density at radius 3 is 2.62 bits per heavy atom. The molecule has 0 aromatic carbocycles. The van der Waals surface area contributed by atoms with Gasteiger partial charge in [-0.1, -0.05) is 11.6 Å². The molecular formula is C19H19ClF3N7O2. The van der Waals surface area contributed by atoms with Gasteiger partial charge in [0, 0.05) is 25.4 Å². The van der Waals surface area contributed by atoms with E-state index in [1.54, 1.807) is 19.1 Å². The van der Waals surface area contributed by atoms with Gasteiger partial charge in [0.1, 0.15) is 5.82 Å². The van der Waals surface area contributed by atoms with Gasteiger partial charge in [0.2, 0.25) is 5.88 Å². The molecule has 0 fully saturated rings. The highest BCUT2D eigenvalue weighted by molar-refractivity contribution is 6.32. The number of ether oxygens (including phenoxy) is 1. The van der Waals surface area contributed by atoms with E-state index in [2.05, 4.69) is 30.9 Å². The van der Waals surface area contributed by atoms with Crippen LogP contribution in [-0.2, 0) is 6.18 Å². The summed E-state index contributed by atoms with van der Waals surface area (Å²) in [6.45, 7) is 4.38. The lowest BCUT2D eigenvalue weighted by atomic mass is 10.2. The summed E-state index contributed by atoms with van der Waals surface area (Å²) < 4.78 is 44.7. The molecule has 13 heteroatoms. The maximum absolute atomic E-state index is 12.7. The van der Waals surface area contributed by atoms with Crippen LogP contribution < -0.4 is 15.4 Å². The third-order valence-electron chi connectivity index (χ3n) is 4.26. The van der Waals surface area contributed by atoms with E-state index in [4.69, 9.17) is 16.3 Å². The minimum absolute atomic E-state index is 0.0898. The zero-order chi connectivity index (χ0) is 23.3. The summed E-state index contributed by atoms with van der Waals surface area (Å²) in [5, 5.41) is 17.5. The molecule has 0 saturated heterocycles. The molecule has 3 aromatic heterocycles. The minimum Gasteiger partial charge on any atom is -0.477 e. The SMILES string of the molecule is CCOc1ccc(-n2ncc(C(=O)NCCNc3ncc(C(F)(F)F)cc3Cl)c2C)nn1. The first-order valence-corrected chi connectivity index (χ1v) is 9.84. The number of alkyl halides is 3. The summed E-state index contributed by atoms with van der Waals surface area (Å²) in [5.41, 5.74) is -0.0428. The number of nitrogens with one attached hydrogen (secondary N) is 2. The van der Waals surface area contributed by atoms with Crippen LogP contribution in [0.3, 0.4) is 0 Å². The van der Waals surface area contributed by atoms with Crippen LogP contribution >= 0.6 is 11.6 Å². The number of anilines is 1. The fourth-order valence-corrected chi connectivity index (χ4v) is 2.92. The Bertz CT molecular complexity index is 1090. The fraction of sp³-hybridized carbons (Fsp3) is 0.316. The van der Waals surface area contributed by atoms with Crippen LogP contribution in [0.25, 0.3) is 5.82 Å². The molecule has 0 bridgehead atoms. The Labute approximate surface area is 186 Å². The molecule has 0 unspecified atom stereocenters. The van der Waals surface area contributed by atoms with Crippen molar-refractivity contribution in [1.29, 1.82) is 0 Å². The molecule has 9 nitrogen and oxygen atoms in total. The van der Waals surface area contributed by atoms with Gasteiger partial charge in [0.25, 0.3) is 5.91 Å². The lowest BCUT2D eigenvalue weighted by molar-refractivity contribution is -0.137. The molecule has 0 aliphatic rings. The number of carbonyl (C=O) groups excluding carboxylic acids is 1. The van der Waals surface area contributed by atoms with Crippen molar-refractivity contribution in [1.82, 2.24) is 30.3 Å². The summed E-state index contributed by atoms with van der Waals surface area (Å²) in [6.07, 6.45) is -2.43. The average molecular weight is 470 g/mol. The molecule has 3 aromatic rings. The first-order valence-electron chi connectivity index (χ1n) is 9.47. The number of aromatic nitrogens is 5. The summed E-state index contributed by atoms with van der Waals surface area (Å²) in [7, 11) is 0. The topological polar surface area (TPSA) is 107 Å². The van der Waals surface area contributed by atoms with E-state index >= 15 is 0 Å². The first kappa shape index (κ1) is 23.3. The van der Waals surface area contributed by atoms with Crippen LogP contribution in [0.2, 0.25) is 5.02 Å². The number of rotatable bonds is 8. The van der Waals surface area contributed by atoms with Gasteiger partial charge >= 0.3 is 6.18 Å². The Balaban J connectivity index is 1.56. The van der Waals surface area contributed by atoms with Crippen molar-refractivity contribution in [3.63, 3.8) is 0 Å². The van der Waals surface area contributed by atoms with Crippen molar-refractivity contribution in [3.8, 4) is 11.7 Å². The third kappa shape index (κ3) is 5.44. The van der Waals surface area contributed by atoms with Crippen LogP contribution in [0.1, 0.15) is 28.5 Å². The molecule has 0 radical (unpaired) electrons. The second-order valence-electron chi connectivity index (χ2n) is 6.45. The summed E-state index contributed by atoms with van der Waals surface area (Å²) in [6, 6.07) is 4.11. The maximum atomic E-state index is 12.7. The normalized spacial score (nSPS) is 11.3. The van der Waals surface area contributed by atoms with Gasteiger partial charge in [-0.2, -0.15) is 18.3 Å². The minimum atomic E-state index is -4.53. The smallest absolute Gasteiger partial charge is 0.417 e. The van der Waals surface area contributed by atoms with Gasteiger partial charge in [0.05, 0.1) is 34.6 Å². The lowest BCUT2D eigenvalue weighted by Crippen LogP contribution is -2.29. The number of amides is 1. The Morgan fingerprint density at radius 1 is 1.22 bits per heavy atom. The van der Waals surface area contributed by atoms with Gasteiger partial charge < -0.3 is 15.4 Å². The number of nitrogens with zero attached hydrogens (tertiary/aromatic N) is 5. The monoisotopic (exact) mass is 469 g/mol. The van der Waals surface area contributed by atoms with Crippen molar-refractivity contribution >= 4 is 23.3 Å². The van der Waals surface area contributed by atoms with E-state index in [0.29, 0.717) is 35.8 Å². The second kappa shape index (κ2) is 9.81. The molecule has 0 atom stereocenters. The highest BCUT2D eigenvalue weighted by Gasteiger charge is 2.31. The lowest BCUT2D eigenvalue weighted by Gasteiger charge is -2.11. The second-order valence-corrected chi connectivity index (χ2v) is 6.86. The van der Waals surface area contributed by atoms with Gasteiger partial charge in [-0.3, -0.25) is 4.79 Å². The van der Waals surface area contributed by atoms with Gasteiger partial charge in [-0.05, 0) is 26.0 Å². The fourth-order valence-electron chi connectivity index (χ4n) is 2.69. The number of halogens is 4. The predicted octanol–water partition coefficient (Wildman–Crippen LogP) is 3.28. The van der Waals surface area contributed by atoms with Crippen molar-refractivity contribution in [2.24, 2.45) is 0 Å². The van der Waals surface area contributed by atoms with Crippen LogP contribution in [0.4, 0.5) is 19.0 Å². The number of hydrogen-bond acceptors (Lipinski definition) is 7. The summed E-state index contributed by atoms with van der Waals surface area (Å²) >= 11 is 5.84. The third-order valence-corrected chi connectivity index (χ3v) is 4.55. The Kier molecular flexibility index (Phi) is 7.13. The molecule has 32 heavy (non-hydrogen) atoms. The largest absolute Gasteiger partial charge is 0.477 e. The van der Waals surface area contributed by atoms with Gasteiger partial charge in [0.15, 0.2) is 5.82 Å². The van der Waals surface area contributed by atoms with E-state index in [1.165, 1.54) is 10.9 Å². The molecule has 0 spiro atoms. The van der Waals surface area contributed by atoms with Gasteiger partial charge in [-0.25, -0.2) is 9.67 Å². The average Bonchev–Trinajstić information content (AvgIpc) is 3.13. The highest BCUT2D eigenvalue weighted by atomic mass is 35.5. The van der Waals surface area contributed by atoms with Gasteiger partial charge in [-0.15, -0.1) is 10.2 Å². The zero-order valence-corrected chi connectivity index (χ0v) is 17.8. The molecule has 2 N–H and O–H groups in total. The quantitative estimate of drug-likeness (QED) is 0.487. The van der Waals surface area contributed by atoms with Crippen LogP contribution in [0.15, 0.2) is 30.6 Å². The summed E-state index contributed by atoms with van der Waals surface area (Å²) in [4.78, 5) is 16.1. The summed E-state index contributed by atoms with van der Waals surface area (Å²) in [5.74, 6) is 0.525. The van der Waals surface area contributed by atoms with E-state index in [9.17, 15) is 18.0 Å². The van der Waals surface area contributed by atoms with Crippen molar-refractivity contribution in [3.05, 3.63) is 52.4 Å². The van der Waals surface area contributed by atoms with E-state index in [0.717, 1.165) is 6.07 Å². The molecule has 1 amide bonds. The van der Waals surface area contributed by atoms with Crippen LogP contribution in [0.5, 0.6) is 5.88 Å². The Hall–Kier alpha value is -3.41. The van der Waals surface area contributed by atoms with Crippen molar-refractivity contribution in [2.45, 2.75) is 20.0 Å². The highest BCUT2D eigenvalue weighted by Crippen LogP contribution is 2.32. The number of pyridine rings is 1. The number of hydrogen-bond donors (Lipinski definition) is 2. The molecule has 3 heterocycles. The molecule has 0 aliphatic heterocycles. The van der Waals surface area contributed by atoms with Crippen molar-refractivity contribution in [2.75, 3.05) is 25.0 Å². The van der Waals surface area contributed by atoms with E-state index < -0.39 is 11.7 Å². The molecule has 3 rings (SSSR count). The Morgan fingerprint density at radius 2 is 2.00 bits per heavy atom. The van der Waals surface area contributed by atoms with Crippen LogP contribution in [0, 0.1) is 6.92 Å². The number of carbonyl (C=O) groups is 1. The maximum Gasteiger partial charge on any atom is 0.417 e. The van der Waals surface area contributed by atoms with Crippen LogP contribution in [-0.4, -0.2) is 50.6 Å². The van der Waals surface area contributed by atoms with Crippen molar-refractivity contribution < 1.29 is 22.7 Å². The standard InChI is InChI=1S/C19H19ClF3N7O2/c1-3-32-16-5-4-15(28-29-16)30-11(2)13(10-27-30)18(31)25-7-6-24-17-14(20)8-12(9-26-17)19(21,22)23/h4-5,8-10H,3,6-7H2,1-2H3,(H,24,26)(H,25,31). The van der Waals surface area contributed by atoms with E-state index in [-0.39, 0.29) is 29.8 Å². The van der Waals surface area contributed by atoms with E-state index in [1.807, 2.05) is 6.92 Å². The zero-order valence-electron chi connectivity index (χ0n) is 17.1.